The van der Waals surface area contributed by atoms with Gasteiger partial charge in [-0.15, -0.1) is 0 Å². The lowest BCUT2D eigenvalue weighted by Crippen LogP contribution is -2.37. The zero-order chi connectivity index (χ0) is 14.2. The fourth-order valence-corrected chi connectivity index (χ4v) is 2.52. The first-order valence-electron chi connectivity index (χ1n) is 7.25. The van der Waals surface area contributed by atoms with Crippen molar-refractivity contribution in [2.24, 2.45) is 0 Å². The molecule has 0 saturated heterocycles. The molecule has 0 bridgehead atoms. The molecule has 1 fully saturated rings. The molecule has 4 heteroatoms. The Hall–Kier alpha value is -1.84. The molecule has 1 amide bonds. The van der Waals surface area contributed by atoms with E-state index in [4.69, 9.17) is 4.74 Å². The monoisotopic (exact) mass is 275 g/mol. The van der Waals surface area contributed by atoms with E-state index >= 15 is 0 Å². The Balaban J connectivity index is 1.77. The lowest BCUT2D eigenvalue weighted by Gasteiger charge is -2.16. The van der Waals surface area contributed by atoms with Crippen LogP contribution in [0.3, 0.4) is 0 Å². The van der Waals surface area contributed by atoms with E-state index in [0.29, 0.717) is 11.3 Å². The van der Waals surface area contributed by atoms with Crippen molar-refractivity contribution in [1.82, 2.24) is 5.32 Å². The molecule has 1 aromatic rings. The predicted molar refractivity (Wildman–Crippen MR) is 77.0 cm³/mol. The van der Waals surface area contributed by atoms with E-state index in [9.17, 15) is 9.59 Å². The molecule has 20 heavy (non-hydrogen) atoms. The van der Waals surface area contributed by atoms with Gasteiger partial charge in [-0.3, -0.25) is 9.59 Å². The number of aldehydes is 1. The molecule has 0 unspecified atom stereocenters. The first-order valence-corrected chi connectivity index (χ1v) is 7.25. The number of carbonyl (C=O) groups is 2. The van der Waals surface area contributed by atoms with E-state index in [1.807, 2.05) is 0 Å². The Kier molecular flexibility index (Phi) is 5.59. The van der Waals surface area contributed by atoms with E-state index in [-0.39, 0.29) is 18.6 Å². The average Bonchev–Trinajstić information content (AvgIpc) is 2.74. The summed E-state index contributed by atoms with van der Waals surface area (Å²) in [7, 11) is 0. The molecule has 0 radical (unpaired) electrons. The van der Waals surface area contributed by atoms with Gasteiger partial charge in [0.2, 0.25) is 0 Å². The van der Waals surface area contributed by atoms with E-state index in [1.54, 1.807) is 24.3 Å². The van der Waals surface area contributed by atoms with Crippen molar-refractivity contribution in [1.29, 1.82) is 0 Å². The molecule has 0 aliphatic heterocycles. The number of hydrogen-bond donors (Lipinski definition) is 1. The molecular formula is C16H21NO3. The molecule has 4 nitrogen and oxygen atoms in total. The third kappa shape index (κ3) is 4.68. The summed E-state index contributed by atoms with van der Waals surface area (Å²) in [5, 5.41) is 3.02. The number of carbonyl (C=O) groups excluding carboxylic acids is 2. The maximum Gasteiger partial charge on any atom is 0.258 e. The van der Waals surface area contributed by atoms with E-state index in [0.717, 1.165) is 19.1 Å². The average molecular weight is 275 g/mol. The highest BCUT2D eigenvalue weighted by atomic mass is 16.5. The van der Waals surface area contributed by atoms with Crippen molar-refractivity contribution in [2.75, 3.05) is 6.61 Å². The first-order chi connectivity index (χ1) is 9.78. The summed E-state index contributed by atoms with van der Waals surface area (Å²) in [5.41, 5.74) is 0.548. The lowest BCUT2D eigenvalue weighted by atomic mass is 10.1. The van der Waals surface area contributed by atoms with Gasteiger partial charge in [0.1, 0.15) is 12.0 Å². The number of benzene rings is 1. The van der Waals surface area contributed by atoms with E-state index in [1.165, 1.54) is 25.7 Å². The Morgan fingerprint density at radius 1 is 1.25 bits per heavy atom. The normalized spacial score (nSPS) is 16.2. The number of amides is 1. The molecule has 1 aliphatic rings. The third-order valence-corrected chi connectivity index (χ3v) is 3.58. The van der Waals surface area contributed by atoms with Crippen LogP contribution in [0.1, 0.15) is 48.9 Å². The predicted octanol–water partition coefficient (Wildman–Crippen LogP) is 2.72. The summed E-state index contributed by atoms with van der Waals surface area (Å²) in [6, 6.07) is 7.10. The van der Waals surface area contributed by atoms with Crippen LogP contribution < -0.4 is 10.1 Å². The van der Waals surface area contributed by atoms with Crippen LogP contribution in [0.2, 0.25) is 0 Å². The molecular weight excluding hydrogens is 254 g/mol. The molecule has 2 rings (SSSR count). The molecule has 108 valence electrons. The van der Waals surface area contributed by atoms with Gasteiger partial charge in [0.15, 0.2) is 6.61 Å². The molecule has 1 aromatic carbocycles. The fraction of sp³-hybridized carbons (Fsp3) is 0.500. The molecule has 0 heterocycles. The van der Waals surface area contributed by atoms with Gasteiger partial charge in [-0.25, -0.2) is 0 Å². The summed E-state index contributed by atoms with van der Waals surface area (Å²) < 4.78 is 5.41. The van der Waals surface area contributed by atoms with Gasteiger partial charge in [-0.2, -0.15) is 0 Å². The van der Waals surface area contributed by atoms with Gasteiger partial charge < -0.3 is 10.1 Å². The molecule has 0 atom stereocenters. The van der Waals surface area contributed by atoms with Crippen LogP contribution in [0.4, 0.5) is 0 Å². The Bertz CT molecular complexity index is 451. The van der Waals surface area contributed by atoms with Crippen LogP contribution >= 0.6 is 0 Å². The number of rotatable bonds is 5. The molecule has 1 N–H and O–H groups in total. The van der Waals surface area contributed by atoms with Crippen molar-refractivity contribution in [3.63, 3.8) is 0 Å². The number of nitrogens with one attached hydrogen (secondary N) is 1. The van der Waals surface area contributed by atoms with Crippen LogP contribution in [0.15, 0.2) is 24.3 Å². The molecule has 1 aliphatic carbocycles. The van der Waals surface area contributed by atoms with Crippen molar-refractivity contribution in [3.05, 3.63) is 29.8 Å². The minimum atomic E-state index is -0.0894. The van der Waals surface area contributed by atoms with Crippen LogP contribution in [0.25, 0.3) is 0 Å². The van der Waals surface area contributed by atoms with Crippen LogP contribution in [-0.2, 0) is 4.79 Å². The third-order valence-electron chi connectivity index (χ3n) is 3.58. The Labute approximate surface area is 119 Å². The van der Waals surface area contributed by atoms with Gasteiger partial charge in [-0.05, 0) is 25.0 Å². The smallest absolute Gasteiger partial charge is 0.258 e. The quantitative estimate of drug-likeness (QED) is 0.664. The second-order valence-corrected chi connectivity index (χ2v) is 5.24. The van der Waals surface area contributed by atoms with Crippen molar-refractivity contribution < 1.29 is 14.3 Å². The highest BCUT2D eigenvalue weighted by Crippen LogP contribution is 2.17. The van der Waals surface area contributed by atoms with Crippen LogP contribution in [0, 0.1) is 0 Å². The van der Waals surface area contributed by atoms with Crippen LogP contribution in [-0.4, -0.2) is 24.8 Å². The zero-order valence-electron chi connectivity index (χ0n) is 11.6. The second-order valence-electron chi connectivity index (χ2n) is 5.24. The topological polar surface area (TPSA) is 55.4 Å². The van der Waals surface area contributed by atoms with Crippen molar-refractivity contribution in [3.8, 4) is 5.75 Å². The van der Waals surface area contributed by atoms with E-state index < -0.39 is 0 Å². The van der Waals surface area contributed by atoms with E-state index in [2.05, 4.69) is 5.32 Å². The summed E-state index contributed by atoms with van der Waals surface area (Å²) in [5.74, 6) is 0.457. The Morgan fingerprint density at radius 3 is 2.70 bits per heavy atom. The van der Waals surface area contributed by atoms with Gasteiger partial charge in [0.25, 0.3) is 5.91 Å². The summed E-state index contributed by atoms with van der Waals surface area (Å²) >= 11 is 0. The fourth-order valence-electron chi connectivity index (χ4n) is 2.52. The molecule has 0 spiro atoms. The maximum atomic E-state index is 11.8. The largest absolute Gasteiger partial charge is 0.484 e. The standard InChI is InChI=1S/C16H21NO3/c18-11-13-6-5-9-15(10-13)20-12-16(19)17-14-7-3-1-2-4-8-14/h5-6,9-11,14H,1-4,7-8,12H2,(H,17,19). The second kappa shape index (κ2) is 7.68. The zero-order valence-corrected chi connectivity index (χ0v) is 11.6. The summed E-state index contributed by atoms with van der Waals surface area (Å²) in [6.07, 6.45) is 7.79. The van der Waals surface area contributed by atoms with Crippen LogP contribution in [0.5, 0.6) is 5.75 Å². The highest BCUT2D eigenvalue weighted by Gasteiger charge is 2.14. The maximum absolute atomic E-state index is 11.8. The van der Waals surface area contributed by atoms with Gasteiger partial charge in [0.05, 0.1) is 0 Å². The first kappa shape index (κ1) is 14.6. The Morgan fingerprint density at radius 2 is 2.00 bits per heavy atom. The minimum Gasteiger partial charge on any atom is -0.484 e. The SMILES string of the molecule is O=Cc1cccc(OCC(=O)NC2CCCCCC2)c1. The van der Waals surface area contributed by atoms with Gasteiger partial charge in [-0.1, -0.05) is 37.8 Å². The summed E-state index contributed by atoms with van der Waals surface area (Å²) in [4.78, 5) is 22.5. The van der Waals surface area contributed by atoms with Gasteiger partial charge >= 0.3 is 0 Å². The number of hydrogen-bond acceptors (Lipinski definition) is 3. The van der Waals surface area contributed by atoms with Crippen molar-refractivity contribution >= 4 is 12.2 Å². The molecule has 0 aromatic heterocycles. The van der Waals surface area contributed by atoms with Gasteiger partial charge in [0, 0.05) is 11.6 Å². The number of ether oxygens (including phenoxy) is 1. The van der Waals surface area contributed by atoms with Crippen molar-refractivity contribution in [2.45, 2.75) is 44.6 Å². The minimum absolute atomic E-state index is 0.00118. The highest BCUT2D eigenvalue weighted by molar-refractivity contribution is 5.78. The summed E-state index contributed by atoms with van der Waals surface area (Å²) in [6.45, 7) is -0.00118. The lowest BCUT2D eigenvalue weighted by molar-refractivity contribution is -0.123. The molecule has 1 saturated carbocycles.